The van der Waals surface area contributed by atoms with Crippen LogP contribution in [0.15, 0.2) is 47.5 Å². The van der Waals surface area contributed by atoms with Crippen molar-refractivity contribution < 1.29 is 0 Å². The summed E-state index contributed by atoms with van der Waals surface area (Å²) in [6.45, 7) is 4.44. The van der Waals surface area contributed by atoms with Gasteiger partial charge in [-0.05, 0) is 55.5 Å². The molecule has 1 aliphatic heterocycles. The molecule has 5 nitrogen and oxygen atoms in total. The number of aromatic nitrogens is 3. The lowest BCUT2D eigenvalue weighted by molar-refractivity contribution is 0.611. The van der Waals surface area contributed by atoms with Crippen molar-refractivity contribution in [1.29, 1.82) is 0 Å². The lowest BCUT2D eigenvalue weighted by atomic mass is 9.97. The average molecular weight is 420 g/mol. The summed E-state index contributed by atoms with van der Waals surface area (Å²) in [6.07, 6.45) is 4.81. The molecule has 154 valence electrons. The van der Waals surface area contributed by atoms with E-state index < -0.39 is 0 Å². The van der Waals surface area contributed by atoms with Gasteiger partial charge in [-0.25, -0.2) is 0 Å². The number of rotatable bonds is 7. The highest BCUT2D eigenvalue weighted by atomic mass is 35.5. The van der Waals surface area contributed by atoms with Crippen LogP contribution in [-0.4, -0.2) is 27.0 Å². The molecular formula is C24H26ClN5. The second-order valence-electron chi connectivity index (χ2n) is 8.19. The quantitative estimate of drug-likeness (QED) is 0.602. The van der Waals surface area contributed by atoms with Gasteiger partial charge in [0.15, 0.2) is 11.6 Å². The number of halogens is 1. The van der Waals surface area contributed by atoms with Crippen LogP contribution < -0.4 is 5.32 Å². The van der Waals surface area contributed by atoms with Crippen LogP contribution in [0.4, 0.5) is 0 Å². The molecule has 2 heterocycles. The molecule has 1 aromatic heterocycles. The van der Waals surface area contributed by atoms with E-state index in [2.05, 4.69) is 45.2 Å². The standard InChI is InChI=1S/C24H26ClN5/c1-2-5-16-10-11-21-19(12-16)24(18-6-3-4-7-20(18)25)27-15-23-29-28-22(30(21)23)14-26-13-17-8-9-17/h3-4,6-7,10-12,17,26H,2,5,8-9,13-15H2,1H3. The first-order chi connectivity index (χ1) is 14.7. The lowest BCUT2D eigenvalue weighted by Crippen LogP contribution is -2.20. The Bertz CT molecular complexity index is 1100. The second kappa shape index (κ2) is 8.32. The third-order valence-electron chi connectivity index (χ3n) is 5.81. The summed E-state index contributed by atoms with van der Waals surface area (Å²) in [6, 6.07) is 14.6. The number of hydrogen-bond donors (Lipinski definition) is 1. The molecule has 0 radical (unpaired) electrons. The molecule has 1 N–H and O–H groups in total. The van der Waals surface area contributed by atoms with Gasteiger partial charge in [-0.2, -0.15) is 0 Å². The van der Waals surface area contributed by atoms with Crippen molar-refractivity contribution in [3.63, 3.8) is 0 Å². The molecule has 0 spiro atoms. The maximum absolute atomic E-state index is 6.57. The maximum Gasteiger partial charge on any atom is 0.159 e. The first-order valence-electron chi connectivity index (χ1n) is 10.8. The van der Waals surface area contributed by atoms with Gasteiger partial charge in [0, 0.05) is 16.1 Å². The predicted molar refractivity (Wildman–Crippen MR) is 121 cm³/mol. The molecule has 1 saturated carbocycles. The summed E-state index contributed by atoms with van der Waals surface area (Å²) in [5, 5.41) is 13.2. The van der Waals surface area contributed by atoms with E-state index in [0.29, 0.717) is 18.1 Å². The molecule has 1 aliphatic carbocycles. The number of hydrogen-bond acceptors (Lipinski definition) is 4. The van der Waals surface area contributed by atoms with Gasteiger partial charge in [-0.3, -0.25) is 9.56 Å². The fraction of sp³-hybridized carbons (Fsp3) is 0.375. The van der Waals surface area contributed by atoms with E-state index in [-0.39, 0.29) is 0 Å². The second-order valence-corrected chi connectivity index (χ2v) is 8.60. The molecule has 30 heavy (non-hydrogen) atoms. The molecule has 3 aromatic rings. The van der Waals surface area contributed by atoms with Gasteiger partial charge in [0.05, 0.1) is 17.9 Å². The topological polar surface area (TPSA) is 55.1 Å². The fourth-order valence-electron chi connectivity index (χ4n) is 4.09. The van der Waals surface area contributed by atoms with Crippen molar-refractivity contribution in [3.8, 4) is 5.69 Å². The Balaban J connectivity index is 1.60. The highest BCUT2D eigenvalue weighted by molar-refractivity contribution is 6.35. The number of nitrogens with one attached hydrogen (secondary N) is 1. The van der Waals surface area contributed by atoms with Crippen molar-refractivity contribution in [2.24, 2.45) is 10.9 Å². The van der Waals surface area contributed by atoms with Crippen LogP contribution in [0.5, 0.6) is 0 Å². The Morgan fingerprint density at radius 2 is 1.97 bits per heavy atom. The Labute approximate surface area is 182 Å². The largest absolute Gasteiger partial charge is 0.310 e. The Hall–Kier alpha value is -2.50. The van der Waals surface area contributed by atoms with Gasteiger partial charge >= 0.3 is 0 Å². The highest BCUT2D eigenvalue weighted by Gasteiger charge is 2.25. The highest BCUT2D eigenvalue weighted by Crippen LogP contribution is 2.30. The van der Waals surface area contributed by atoms with Gasteiger partial charge < -0.3 is 5.32 Å². The van der Waals surface area contributed by atoms with E-state index in [9.17, 15) is 0 Å². The van der Waals surface area contributed by atoms with E-state index in [0.717, 1.165) is 59.5 Å². The zero-order valence-electron chi connectivity index (χ0n) is 17.2. The van der Waals surface area contributed by atoms with Crippen molar-refractivity contribution in [2.75, 3.05) is 6.54 Å². The van der Waals surface area contributed by atoms with Crippen LogP contribution in [0.2, 0.25) is 5.02 Å². The fourth-order valence-corrected chi connectivity index (χ4v) is 4.31. The number of benzene rings is 2. The third-order valence-corrected chi connectivity index (χ3v) is 6.14. The van der Waals surface area contributed by atoms with Gasteiger partial charge in [0.25, 0.3) is 0 Å². The van der Waals surface area contributed by atoms with Gasteiger partial charge in [-0.1, -0.05) is 49.2 Å². The van der Waals surface area contributed by atoms with Crippen molar-refractivity contribution in [1.82, 2.24) is 20.1 Å². The number of aliphatic imine (C=N–C) groups is 1. The molecule has 0 atom stereocenters. The number of aryl methyl sites for hydroxylation is 1. The first kappa shape index (κ1) is 19.5. The molecule has 1 fully saturated rings. The van der Waals surface area contributed by atoms with Crippen LogP contribution in [0, 0.1) is 5.92 Å². The first-order valence-corrected chi connectivity index (χ1v) is 11.2. The third kappa shape index (κ3) is 3.80. The summed E-state index contributed by atoms with van der Waals surface area (Å²) in [4.78, 5) is 4.96. The summed E-state index contributed by atoms with van der Waals surface area (Å²) in [5.74, 6) is 2.63. The van der Waals surface area contributed by atoms with Crippen molar-refractivity contribution in [3.05, 3.63) is 75.8 Å². The minimum absolute atomic E-state index is 0.480. The smallest absolute Gasteiger partial charge is 0.159 e. The summed E-state index contributed by atoms with van der Waals surface area (Å²) < 4.78 is 2.18. The van der Waals surface area contributed by atoms with Gasteiger partial charge in [-0.15, -0.1) is 10.2 Å². The minimum Gasteiger partial charge on any atom is -0.310 e. The minimum atomic E-state index is 0.480. The monoisotopic (exact) mass is 419 g/mol. The Morgan fingerprint density at radius 1 is 1.10 bits per heavy atom. The normalized spacial score (nSPS) is 15.3. The van der Waals surface area contributed by atoms with Crippen molar-refractivity contribution >= 4 is 17.3 Å². The molecule has 0 saturated heterocycles. The molecule has 0 amide bonds. The summed E-state index contributed by atoms with van der Waals surface area (Å²) in [5.41, 5.74) is 5.36. The molecule has 2 aliphatic rings. The molecule has 2 aromatic carbocycles. The van der Waals surface area contributed by atoms with Gasteiger partial charge in [0.2, 0.25) is 0 Å². The summed E-state index contributed by atoms with van der Waals surface area (Å²) >= 11 is 6.57. The molecule has 0 unspecified atom stereocenters. The SMILES string of the molecule is CCCc1ccc2c(c1)C(c1ccccc1Cl)=NCc1nnc(CNCC3CC3)n1-2. The van der Waals surface area contributed by atoms with Crippen LogP contribution in [0.1, 0.15) is 54.5 Å². The van der Waals surface area contributed by atoms with Gasteiger partial charge in [0.1, 0.15) is 6.54 Å². The number of nitrogens with zero attached hydrogens (tertiary/aromatic N) is 4. The zero-order chi connectivity index (χ0) is 20.5. The summed E-state index contributed by atoms with van der Waals surface area (Å²) in [7, 11) is 0. The van der Waals surface area contributed by atoms with Crippen LogP contribution in [0.3, 0.4) is 0 Å². The number of fused-ring (bicyclic) bond motifs is 3. The van der Waals surface area contributed by atoms with E-state index in [4.69, 9.17) is 16.6 Å². The molecular weight excluding hydrogens is 394 g/mol. The van der Waals surface area contributed by atoms with E-state index in [1.54, 1.807) is 0 Å². The molecule has 0 bridgehead atoms. The average Bonchev–Trinajstić information content (AvgIpc) is 3.51. The van der Waals surface area contributed by atoms with Crippen LogP contribution >= 0.6 is 11.6 Å². The van der Waals surface area contributed by atoms with E-state index in [1.807, 2.05) is 24.3 Å². The lowest BCUT2D eigenvalue weighted by Gasteiger charge is -2.16. The predicted octanol–water partition coefficient (Wildman–Crippen LogP) is 4.72. The zero-order valence-corrected chi connectivity index (χ0v) is 18.0. The molecule has 5 rings (SSSR count). The van der Waals surface area contributed by atoms with Crippen LogP contribution in [-0.2, 0) is 19.5 Å². The Kier molecular flexibility index (Phi) is 5.40. The van der Waals surface area contributed by atoms with Crippen LogP contribution in [0.25, 0.3) is 5.69 Å². The molecule has 6 heteroatoms. The van der Waals surface area contributed by atoms with E-state index in [1.165, 1.54) is 18.4 Å². The Morgan fingerprint density at radius 3 is 2.77 bits per heavy atom. The van der Waals surface area contributed by atoms with E-state index >= 15 is 0 Å². The maximum atomic E-state index is 6.57. The van der Waals surface area contributed by atoms with Crippen molar-refractivity contribution in [2.45, 2.75) is 45.7 Å².